The van der Waals surface area contributed by atoms with Crippen LogP contribution in [-0.4, -0.2) is 0 Å². The molecule has 0 bridgehead atoms. The van der Waals surface area contributed by atoms with Crippen molar-refractivity contribution in [1.82, 2.24) is 0 Å². The van der Waals surface area contributed by atoms with Gasteiger partial charge in [0.25, 0.3) is 0 Å². The standard InChI is InChI=1S/C8H7N.C2H4/c1-7-2-4-8(6-9)5-3-7;1-2/h2-5H,1H3;1-2H2. The van der Waals surface area contributed by atoms with Crippen LogP contribution in [0.2, 0.25) is 0 Å². The predicted molar refractivity (Wildman–Crippen MR) is 47.1 cm³/mol. The molecule has 0 unspecified atom stereocenters. The Morgan fingerprint density at radius 2 is 1.64 bits per heavy atom. The van der Waals surface area contributed by atoms with Crippen LogP contribution >= 0.6 is 0 Å². The summed E-state index contributed by atoms with van der Waals surface area (Å²) in [6.07, 6.45) is 0. The van der Waals surface area contributed by atoms with Crippen LogP contribution in [-0.2, 0) is 0 Å². The lowest BCUT2D eigenvalue weighted by molar-refractivity contribution is 1.43. The molecule has 0 atom stereocenters. The van der Waals surface area contributed by atoms with Gasteiger partial charge in [0.05, 0.1) is 11.6 Å². The minimum Gasteiger partial charge on any atom is -0.192 e. The minimum absolute atomic E-state index is 0.723. The molecule has 0 aliphatic rings. The van der Waals surface area contributed by atoms with E-state index >= 15 is 0 Å². The van der Waals surface area contributed by atoms with Crippen LogP contribution in [0.15, 0.2) is 37.4 Å². The van der Waals surface area contributed by atoms with Crippen LogP contribution < -0.4 is 0 Å². The van der Waals surface area contributed by atoms with Crippen LogP contribution in [0.3, 0.4) is 0 Å². The molecule has 0 N–H and O–H groups in total. The first-order chi connectivity index (χ1) is 5.33. The fourth-order valence-electron chi connectivity index (χ4n) is 0.628. The molecule has 1 nitrogen and oxygen atoms in total. The number of rotatable bonds is 0. The fraction of sp³-hybridized carbons (Fsp3) is 0.100. The largest absolute Gasteiger partial charge is 0.192 e. The van der Waals surface area contributed by atoms with Crippen molar-refractivity contribution in [1.29, 1.82) is 5.26 Å². The first kappa shape index (κ1) is 9.45. The Hall–Kier alpha value is -1.55. The molecule has 0 heterocycles. The molecular formula is C10H11N. The molecule has 0 aliphatic heterocycles. The summed E-state index contributed by atoms with van der Waals surface area (Å²) in [6, 6.07) is 9.54. The van der Waals surface area contributed by atoms with E-state index in [4.69, 9.17) is 5.26 Å². The highest BCUT2D eigenvalue weighted by Gasteiger charge is 1.84. The van der Waals surface area contributed by atoms with Crippen LogP contribution in [0.4, 0.5) is 0 Å². The maximum atomic E-state index is 8.38. The highest BCUT2D eigenvalue weighted by Crippen LogP contribution is 1.99. The Morgan fingerprint density at radius 3 is 2.00 bits per heavy atom. The molecule has 1 aromatic rings. The van der Waals surface area contributed by atoms with Crippen LogP contribution in [0, 0.1) is 18.3 Å². The first-order valence-corrected chi connectivity index (χ1v) is 3.29. The molecule has 0 amide bonds. The van der Waals surface area contributed by atoms with Gasteiger partial charge >= 0.3 is 0 Å². The lowest BCUT2D eigenvalue weighted by atomic mass is 10.2. The van der Waals surface area contributed by atoms with E-state index in [0.717, 1.165) is 5.56 Å². The number of nitrogens with zero attached hydrogens (tertiary/aromatic N) is 1. The highest BCUT2D eigenvalue weighted by atomic mass is 14.2. The third kappa shape index (κ3) is 3.22. The van der Waals surface area contributed by atoms with E-state index in [1.807, 2.05) is 31.2 Å². The van der Waals surface area contributed by atoms with Crippen LogP contribution in [0.5, 0.6) is 0 Å². The van der Waals surface area contributed by atoms with E-state index in [1.54, 1.807) is 0 Å². The van der Waals surface area contributed by atoms with Gasteiger partial charge in [-0.1, -0.05) is 17.7 Å². The molecule has 11 heavy (non-hydrogen) atoms. The number of nitriles is 1. The van der Waals surface area contributed by atoms with Gasteiger partial charge in [-0.3, -0.25) is 0 Å². The van der Waals surface area contributed by atoms with Crippen molar-refractivity contribution in [2.75, 3.05) is 0 Å². The summed E-state index contributed by atoms with van der Waals surface area (Å²) < 4.78 is 0. The van der Waals surface area contributed by atoms with E-state index in [0.29, 0.717) is 0 Å². The van der Waals surface area contributed by atoms with E-state index in [2.05, 4.69) is 19.2 Å². The maximum Gasteiger partial charge on any atom is 0.0991 e. The van der Waals surface area contributed by atoms with Crippen molar-refractivity contribution in [3.05, 3.63) is 48.6 Å². The summed E-state index contributed by atoms with van der Waals surface area (Å²) >= 11 is 0. The van der Waals surface area contributed by atoms with E-state index in [-0.39, 0.29) is 0 Å². The molecule has 0 radical (unpaired) electrons. The van der Waals surface area contributed by atoms with Gasteiger partial charge in [0.1, 0.15) is 0 Å². The number of hydrogen-bond acceptors (Lipinski definition) is 1. The second-order valence-electron chi connectivity index (χ2n) is 1.98. The Bertz CT molecular complexity index is 241. The van der Waals surface area contributed by atoms with E-state index in [1.165, 1.54) is 5.56 Å². The summed E-state index contributed by atoms with van der Waals surface area (Å²) in [5.74, 6) is 0. The Morgan fingerprint density at radius 1 is 1.18 bits per heavy atom. The SMILES string of the molecule is C=C.Cc1ccc(C#N)cc1. The van der Waals surface area contributed by atoms with Gasteiger partial charge < -0.3 is 0 Å². The fourth-order valence-corrected chi connectivity index (χ4v) is 0.628. The van der Waals surface area contributed by atoms with Gasteiger partial charge in [0, 0.05) is 0 Å². The third-order valence-corrected chi connectivity index (χ3v) is 1.18. The highest BCUT2D eigenvalue weighted by molar-refractivity contribution is 5.30. The van der Waals surface area contributed by atoms with Gasteiger partial charge in [-0.25, -0.2) is 0 Å². The molecule has 1 aromatic carbocycles. The average Bonchev–Trinajstić information content (AvgIpc) is 2.10. The topological polar surface area (TPSA) is 23.8 Å². The van der Waals surface area contributed by atoms with Gasteiger partial charge in [-0.05, 0) is 19.1 Å². The molecule has 0 saturated heterocycles. The Kier molecular flexibility index (Phi) is 4.51. The summed E-state index contributed by atoms with van der Waals surface area (Å²) in [5, 5.41) is 8.38. The Balaban J connectivity index is 0.000000461. The lowest BCUT2D eigenvalue weighted by Gasteiger charge is -1.88. The molecule has 56 valence electrons. The van der Waals surface area contributed by atoms with Crippen molar-refractivity contribution in [2.24, 2.45) is 0 Å². The molecule has 0 aliphatic carbocycles. The monoisotopic (exact) mass is 145 g/mol. The lowest BCUT2D eigenvalue weighted by Crippen LogP contribution is -1.72. The molecule has 1 heteroatoms. The quantitative estimate of drug-likeness (QED) is 0.515. The predicted octanol–water partition coefficient (Wildman–Crippen LogP) is 2.67. The summed E-state index contributed by atoms with van der Waals surface area (Å²) in [5.41, 5.74) is 1.91. The normalized spacial score (nSPS) is 7.27. The molecule has 0 spiro atoms. The van der Waals surface area contributed by atoms with Crippen molar-refractivity contribution < 1.29 is 0 Å². The van der Waals surface area contributed by atoms with Gasteiger partial charge in [-0.15, -0.1) is 13.2 Å². The molecule has 1 rings (SSSR count). The van der Waals surface area contributed by atoms with Crippen molar-refractivity contribution >= 4 is 0 Å². The summed E-state index contributed by atoms with van der Waals surface area (Å²) in [6.45, 7) is 8.00. The molecule has 0 aromatic heterocycles. The molecular weight excluding hydrogens is 134 g/mol. The van der Waals surface area contributed by atoms with E-state index in [9.17, 15) is 0 Å². The third-order valence-electron chi connectivity index (χ3n) is 1.18. The zero-order valence-electron chi connectivity index (χ0n) is 6.67. The van der Waals surface area contributed by atoms with Gasteiger partial charge in [0.2, 0.25) is 0 Å². The van der Waals surface area contributed by atoms with E-state index < -0.39 is 0 Å². The van der Waals surface area contributed by atoms with Crippen LogP contribution in [0.1, 0.15) is 11.1 Å². The zero-order valence-corrected chi connectivity index (χ0v) is 6.67. The second kappa shape index (κ2) is 5.25. The maximum absolute atomic E-state index is 8.38. The van der Waals surface area contributed by atoms with Crippen molar-refractivity contribution in [3.63, 3.8) is 0 Å². The van der Waals surface area contributed by atoms with Gasteiger partial charge in [-0.2, -0.15) is 5.26 Å². The van der Waals surface area contributed by atoms with Crippen molar-refractivity contribution in [2.45, 2.75) is 6.92 Å². The molecule has 0 fully saturated rings. The second-order valence-corrected chi connectivity index (χ2v) is 1.98. The summed E-state index contributed by atoms with van der Waals surface area (Å²) in [7, 11) is 0. The molecule has 0 saturated carbocycles. The smallest absolute Gasteiger partial charge is 0.0991 e. The number of hydrogen-bond donors (Lipinski definition) is 0. The van der Waals surface area contributed by atoms with Crippen molar-refractivity contribution in [3.8, 4) is 6.07 Å². The first-order valence-electron chi connectivity index (χ1n) is 3.29. The number of benzene rings is 1. The number of aryl methyl sites for hydroxylation is 1. The Labute approximate surface area is 67.6 Å². The van der Waals surface area contributed by atoms with Crippen LogP contribution in [0.25, 0.3) is 0 Å². The zero-order chi connectivity index (χ0) is 8.69. The average molecular weight is 145 g/mol. The summed E-state index contributed by atoms with van der Waals surface area (Å²) in [4.78, 5) is 0. The minimum atomic E-state index is 0.723. The van der Waals surface area contributed by atoms with Gasteiger partial charge in [0.15, 0.2) is 0 Å².